The number of hydrogen-bond donors (Lipinski definition) is 2. The summed E-state index contributed by atoms with van der Waals surface area (Å²) >= 11 is 0. The summed E-state index contributed by atoms with van der Waals surface area (Å²) in [7, 11) is 0. The smallest absolute Gasteiger partial charge is 0.410 e. The van der Waals surface area contributed by atoms with Gasteiger partial charge in [0.25, 0.3) is 5.91 Å². The van der Waals surface area contributed by atoms with Gasteiger partial charge in [0.1, 0.15) is 18.5 Å². The molecule has 1 aromatic heterocycles. The number of ether oxygens (including phenoxy) is 2. The zero-order valence-corrected chi connectivity index (χ0v) is 22.1. The highest BCUT2D eigenvalue weighted by Crippen LogP contribution is 2.44. The lowest BCUT2D eigenvalue weighted by molar-refractivity contribution is -0.130. The second-order valence-electron chi connectivity index (χ2n) is 9.93. The van der Waals surface area contributed by atoms with Crippen molar-refractivity contribution in [1.82, 2.24) is 14.5 Å². The van der Waals surface area contributed by atoms with Crippen LogP contribution in [0.5, 0.6) is 0 Å². The number of aliphatic hydroxyl groups excluding tert-OH is 1. The van der Waals surface area contributed by atoms with Crippen LogP contribution in [0.15, 0.2) is 95.9 Å². The fourth-order valence-electron chi connectivity index (χ4n) is 5.39. The zero-order chi connectivity index (χ0) is 28.3. The average Bonchev–Trinajstić information content (AvgIpc) is 3.33. The van der Waals surface area contributed by atoms with Crippen molar-refractivity contribution in [1.29, 1.82) is 0 Å². The van der Waals surface area contributed by atoms with Gasteiger partial charge in [-0.1, -0.05) is 66.7 Å². The SMILES string of the molecule is O=C(Nc1ccn([C@H]2CN(C(=O)OCC3c4ccccc4-c4ccccc43)C[C@@H](CO)O2)c(=O)n1)c1ccccc1. The number of rotatable bonds is 6. The van der Waals surface area contributed by atoms with E-state index in [0.29, 0.717) is 5.56 Å². The Morgan fingerprint density at radius 3 is 2.24 bits per heavy atom. The molecule has 1 aliphatic carbocycles. The number of benzene rings is 3. The Morgan fingerprint density at radius 1 is 0.927 bits per heavy atom. The molecule has 4 aromatic rings. The first-order valence-corrected chi connectivity index (χ1v) is 13.3. The monoisotopic (exact) mass is 552 g/mol. The molecule has 2 atom stereocenters. The standard InChI is InChI=1S/C31H28N4O6/c36-18-21-16-34(31(39)40-19-26-24-12-6-4-10-22(24)23-11-5-7-13-25(23)26)17-28(41-21)35-15-14-27(33-30(35)38)32-29(37)20-8-2-1-3-9-20/h1-15,21,26,28,36H,16-19H2,(H,32,33,37,38)/t21-,28+/m0/s1. The Hall–Kier alpha value is -4.80. The van der Waals surface area contributed by atoms with Crippen LogP contribution in [0.2, 0.25) is 0 Å². The molecule has 2 N–H and O–H groups in total. The zero-order valence-electron chi connectivity index (χ0n) is 22.1. The molecule has 41 heavy (non-hydrogen) atoms. The molecule has 10 nitrogen and oxygen atoms in total. The van der Waals surface area contributed by atoms with Gasteiger partial charge < -0.3 is 24.8 Å². The summed E-state index contributed by atoms with van der Waals surface area (Å²) < 4.78 is 12.9. The summed E-state index contributed by atoms with van der Waals surface area (Å²) in [6.45, 7) is -0.0748. The summed E-state index contributed by atoms with van der Waals surface area (Å²) in [5, 5.41) is 12.4. The minimum Gasteiger partial charge on any atom is -0.448 e. The minimum absolute atomic E-state index is 0.0183. The number of anilines is 1. The van der Waals surface area contributed by atoms with Gasteiger partial charge in [0.2, 0.25) is 0 Å². The number of fused-ring (bicyclic) bond motifs is 3. The van der Waals surface area contributed by atoms with Gasteiger partial charge in [-0.25, -0.2) is 9.59 Å². The molecule has 2 amide bonds. The van der Waals surface area contributed by atoms with Gasteiger partial charge in [0.05, 0.1) is 19.7 Å². The van der Waals surface area contributed by atoms with Crippen molar-refractivity contribution in [2.24, 2.45) is 0 Å². The lowest BCUT2D eigenvalue weighted by Gasteiger charge is -2.37. The van der Waals surface area contributed by atoms with E-state index in [0.717, 1.165) is 22.3 Å². The number of nitrogens with zero attached hydrogens (tertiary/aromatic N) is 3. The van der Waals surface area contributed by atoms with Crippen LogP contribution in [0.25, 0.3) is 11.1 Å². The molecule has 1 fully saturated rings. The molecular formula is C31H28N4O6. The molecular weight excluding hydrogens is 524 g/mol. The van der Waals surface area contributed by atoms with Crippen LogP contribution in [0, 0.1) is 0 Å². The predicted molar refractivity (Wildman–Crippen MR) is 151 cm³/mol. The van der Waals surface area contributed by atoms with Crippen LogP contribution in [-0.2, 0) is 9.47 Å². The van der Waals surface area contributed by atoms with Gasteiger partial charge in [-0.15, -0.1) is 0 Å². The molecule has 2 heterocycles. The van der Waals surface area contributed by atoms with Gasteiger partial charge in [-0.3, -0.25) is 9.36 Å². The van der Waals surface area contributed by atoms with Crippen molar-refractivity contribution in [3.05, 3.63) is 118 Å². The molecule has 10 heteroatoms. The molecule has 6 rings (SSSR count). The summed E-state index contributed by atoms with van der Waals surface area (Å²) in [6, 6.07) is 26.2. The molecule has 1 saturated heterocycles. The quantitative estimate of drug-likeness (QED) is 0.374. The number of carbonyl (C=O) groups excluding carboxylic acids is 2. The third kappa shape index (κ3) is 5.34. The van der Waals surface area contributed by atoms with Crippen LogP contribution >= 0.6 is 0 Å². The fraction of sp³-hybridized carbons (Fsp3) is 0.226. The lowest BCUT2D eigenvalue weighted by Crippen LogP contribution is -2.51. The first-order chi connectivity index (χ1) is 20.0. The first kappa shape index (κ1) is 26.4. The number of morpholine rings is 1. The third-order valence-electron chi connectivity index (χ3n) is 7.37. The molecule has 0 spiro atoms. The maximum Gasteiger partial charge on any atom is 0.410 e. The van der Waals surface area contributed by atoms with E-state index in [1.54, 1.807) is 30.3 Å². The number of aliphatic hydroxyl groups is 1. The van der Waals surface area contributed by atoms with Crippen molar-refractivity contribution in [2.75, 3.05) is 31.6 Å². The molecule has 0 saturated carbocycles. The maximum atomic E-state index is 13.2. The molecule has 208 valence electrons. The second-order valence-corrected chi connectivity index (χ2v) is 9.93. The molecule has 0 unspecified atom stereocenters. The summed E-state index contributed by atoms with van der Waals surface area (Å²) in [6.07, 6.45) is -0.749. The summed E-state index contributed by atoms with van der Waals surface area (Å²) in [5.74, 6) is -0.406. The van der Waals surface area contributed by atoms with Crippen molar-refractivity contribution in [3.8, 4) is 11.1 Å². The summed E-state index contributed by atoms with van der Waals surface area (Å²) in [4.78, 5) is 43.9. The third-order valence-corrected chi connectivity index (χ3v) is 7.37. The van der Waals surface area contributed by atoms with E-state index in [1.807, 2.05) is 36.4 Å². The normalized spacial score (nSPS) is 17.9. The van der Waals surface area contributed by atoms with Gasteiger partial charge >= 0.3 is 11.8 Å². The van der Waals surface area contributed by atoms with E-state index in [1.165, 1.54) is 21.7 Å². The van der Waals surface area contributed by atoms with E-state index >= 15 is 0 Å². The number of amides is 2. The van der Waals surface area contributed by atoms with E-state index < -0.39 is 30.0 Å². The van der Waals surface area contributed by atoms with Crippen molar-refractivity contribution in [3.63, 3.8) is 0 Å². The number of aromatic nitrogens is 2. The molecule has 1 aliphatic heterocycles. The number of carbonyl (C=O) groups is 2. The van der Waals surface area contributed by atoms with Crippen molar-refractivity contribution in [2.45, 2.75) is 18.2 Å². The number of nitrogens with one attached hydrogen (secondary N) is 1. The Bertz CT molecular complexity index is 1590. The predicted octanol–water partition coefficient (Wildman–Crippen LogP) is 3.64. The largest absolute Gasteiger partial charge is 0.448 e. The summed E-state index contributed by atoms with van der Waals surface area (Å²) in [5.41, 5.74) is 4.22. The van der Waals surface area contributed by atoms with E-state index in [2.05, 4.69) is 22.4 Å². The molecule has 2 aliphatic rings. The van der Waals surface area contributed by atoms with Crippen LogP contribution in [0.3, 0.4) is 0 Å². The fourth-order valence-corrected chi connectivity index (χ4v) is 5.39. The Balaban J connectivity index is 1.15. The van der Waals surface area contributed by atoms with Gasteiger partial charge in [0.15, 0.2) is 6.23 Å². The highest BCUT2D eigenvalue weighted by molar-refractivity contribution is 6.03. The topological polar surface area (TPSA) is 123 Å². The van der Waals surface area contributed by atoms with Crippen molar-refractivity contribution < 1.29 is 24.2 Å². The van der Waals surface area contributed by atoms with E-state index in [9.17, 15) is 19.5 Å². The van der Waals surface area contributed by atoms with Gasteiger partial charge in [0, 0.05) is 17.7 Å². The maximum absolute atomic E-state index is 13.2. The molecule has 3 aromatic carbocycles. The molecule has 0 bridgehead atoms. The van der Waals surface area contributed by atoms with Crippen LogP contribution in [0.4, 0.5) is 10.6 Å². The Kier molecular flexibility index (Phi) is 7.32. The van der Waals surface area contributed by atoms with Crippen LogP contribution in [0.1, 0.15) is 33.6 Å². The Morgan fingerprint density at radius 2 is 1.59 bits per heavy atom. The average molecular weight is 553 g/mol. The lowest BCUT2D eigenvalue weighted by atomic mass is 9.98. The van der Waals surface area contributed by atoms with Crippen LogP contribution in [-0.4, -0.2) is 64.0 Å². The van der Waals surface area contributed by atoms with Gasteiger partial charge in [-0.05, 0) is 40.5 Å². The second kappa shape index (κ2) is 11.4. The van der Waals surface area contributed by atoms with Crippen LogP contribution < -0.4 is 11.0 Å². The Labute approximate surface area is 235 Å². The van der Waals surface area contributed by atoms with Crippen molar-refractivity contribution >= 4 is 17.8 Å². The highest BCUT2D eigenvalue weighted by Gasteiger charge is 2.34. The van der Waals surface area contributed by atoms with E-state index in [4.69, 9.17) is 9.47 Å². The number of hydrogen-bond acceptors (Lipinski definition) is 7. The highest BCUT2D eigenvalue weighted by atomic mass is 16.6. The van der Waals surface area contributed by atoms with Gasteiger partial charge in [-0.2, -0.15) is 4.98 Å². The minimum atomic E-state index is -0.903. The first-order valence-electron chi connectivity index (χ1n) is 13.3. The van der Waals surface area contributed by atoms with E-state index in [-0.39, 0.29) is 38.0 Å². The molecule has 0 radical (unpaired) electrons.